The second kappa shape index (κ2) is 6.49. The van der Waals surface area contributed by atoms with Crippen LogP contribution in [-0.2, 0) is 0 Å². The molecule has 0 heterocycles. The standard InChI is InChI=1S/C10H8F7NO.ClH/c11-7-2-1-5(19-10(15,16)17)3-6(7)8(18)4-9(12,13)14;/h1-3,8H,4,18H2;1H/t8-;/m0./s1. The molecule has 0 aromatic heterocycles. The molecule has 1 rings (SSSR count). The smallest absolute Gasteiger partial charge is 0.406 e. The van der Waals surface area contributed by atoms with Crippen LogP contribution in [0, 0.1) is 5.82 Å². The first-order valence-electron chi connectivity index (χ1n) is 4.85. The molecule has 0 aliphatic heterocycles. The summed E-state index contributed by atoms with van der Waals surface area (Å²) in [6.07, 6.45) is -11.2. The SMILES string of the molecule is Cl.N[C@@H](CC(F)(F)F)c1cc(OC(F)(F)F)ccc1F. The van der Waals surface area contributed by atoms with E-state index in [0.29, 0.717) is 18.2 Å². The maximum absolute atomic E-state index is 13.2. The Kier molecular flexibility index (Phi) is 6.09. The van der Waals surface area contributed by atoms with Crippen molar-refractivity contribution < 1.29 is 35.5 Å². The van der Waals surface area contributed by atoms with Crippen LogP contribution >= 0.6 is 12.4 Å². The monoisotopic (exact) mass is 327 g/mol. The Balaban J connectivity index is 0.00000361. The van der Waals surface area contributed by atoms with Crippen molar-refractivity contribution >= 4 is 12.4 Å². The Bertz CT molecular complexity index is 446. The molecule has 10 heteroatoms. The number of benzene rings is 1. The maximum Gasteiger partial charge on any atom is 0.573 e. The van der Waals surface area contributed by atoms with Crippen molar-refractivity contribution in [2.75, 3.05) is 0 Å². The summed E-state index contributed by atoms with van der Waals surface area (Å²) in [6, 6.07) is -0.102. The lowest BCUT2D eigenvalue weighted by atomic mass is 10.0. The largest absolute Gasteiger partial charge is 0.573 e. The highest BCUT2D eigenvalue weighted by molar-refractivity contribution is 5.85. The lowest BCUT2D eigenvalue weighted by Gasteiger charge is -2.16. The minimum atomic E-state index is -5.02. The summed E-state index contributed by atoms with van der Waals surface area (Å²) in [5, 5.41) is 0. The molecular formula is C10H9ClF7NO. The van der Waals surface area contributed by atoms with Crippen LogP contribution in [0.15, 0.2) is 18.2 Å². The Labute approximate surface area is 115 Å². The fraction of sp³-hybridized carbons (Fsp3) is 0.400. The normalized spacial score (nSPS) is 13.6. The number of alkyl halides is 6. The van der Waals surface area contributed by atoms with Gasteiger partial charge in [0.05, 0.1) is 6.42 Å². The molecule has 0 amide bonds. The predicted octanol–water partition coefficient (Wildman–Crippen LogP) is 4.10. The van der Waals surface area contributed by atoms with E-state index >= 15 is 0 Å². The Hall–Kier alpha value is -1.22. The zero-order valence-electron chi connectivity index (χ0n) is 9.56. The van der Waals surface area contributed by atoms with Gasteiger partial charge < -0.3 is 10.5 Å². The number of hydrogen-bond acceptors (Lipinski definition) is 2. The van der Waals surface area contributed by atoms with Crippen LogP contribution in [-0.4, -0.2) is 12.5 Å². The average Bonchev–Trinajstić information content (AvgIpc) is 2.16. The van der Waals surface area contributed by atoms with Gasteiger partial charge in [-0.25, -0.2) is 4.39 Å². The van der Waals surface area contributed by atoms with E-state index < -0.39 is 42.1 Å². The lowest BCUT2D eigenvalue weighted by molar-refractivity contribution is -0.274. The molecule has 0 unspecified atom stereocenters. The van der Waals surface area contributed by atoms with Crippen molar-refractivity contribution in [3.8, 4) is 5.75 Å². The molecule has 20 heavy (non-hydrogen) atoms. The van der Waals surface area contributed by atoms with Crippen LogP contribution in [0.3, 0.4) is 0 Å². The van der Waals surface area contributed by atoms with E-state index in [1.165, 1.54) is 0 Å². The highest BCUT2D eigenvalue weighted by atomic mass is 35.5. The average molecular weight is 328 g/mol. The zero-order chi connectivity index (χ0) is 14.8. The van der Waals surface area contributed by atoms with Crippen molar-refractivity contribution in [2.45, 2.75) is 25.0 Å². The van der Waals surface area contributed by atoms with Gasteiger partial charge in [-0.1, -0.05) is 0 Å². The lowest BCUT2D eigenvalue weighted by Crippen LogP contribution is -2.22. The van der Waals surface area contributed by atoms with Crippen LogP contribution in [0.25, 0.3) is 0 Å². The minimum Gasteiger partial charge on any atom is -0.406 e. The fourth-order valence-corrected chi connectivity index (χ4v) is 1.36. The van der Waals surface area contributed by atoms with E-state index in [4.69, 9.17) is 5.73 Å². The zero-order valence-corrected chi connectivity index (χ0v) is 10.4. The van der Waals surface area contributed by atoms with Crippen molar-refractivity contribution in [3.05, 3.63) is 29.6 Å². The van der Waals surface area contributed by atoms with Crippen LogP contribution in [0.2, 0.25) is 0 Å². The van der Waals surface area contributed by atoms with E-state index in [1.54, 1.807) is 0 Å². The molecule has 1 aromatic rings. The summed E-state index contributed by atoms with van der Waals surface area (Å²) < 4.78 is 88.7. The van der Waals surface area contributed by atoms with Gasteiger partial charge in [-0.2, -0.15) is 13.2 Å². The minimum absolute atomic E-state index is 0. The van der Waals surface area contributed by atoms with E-state index in [0.717, 1.165) is 0 Å². The molecule has 1 atom stereocenters. The van der Waals surface area contributed by atoms with Gasteiger partial charge in [0.1, 0.15) is 11.6 Å². The fourth-order valence-electron chi connectivity index (χ4n) is 1.36. The first-order chi connectivity index (χ1) is 8.48. The number of rotatable bonds is 3. The van der Waals surface area contributed by atoms with Gasteiger partial charge in [0.2, 0.25) is 0 Å². The predicted molar refractivity (Wildman–Crippen MR) is 57.9 cm³/mol. The summed E-state index contributed by atoms with van der Waals surface area (Å²) in [5.74, 6) is -1.97. The van der Waals surface area contributed by atoms with Crippen molar-refractivity contribution in [2.24, 2.45) is 5.73 Å². The third kappa shape index (κ3) is 6.29. The Morgan fingerprint density at radius 2 is 1.65 bits per heavy atom. The number of hydrogen-bond donors (Lipinski definition) is 1. The van der Waals surface area contributed by atoms with Gasteiger partial charge in [0.15, 0.2) is 0 Å². The van der Waals surface area contributed by atoms with Gasteiger partial charge >= 0.3 is 12.5 Å². The van der Waals surface area contributed by atoms with E-state index in [-0.39, 0.29) is 12.4 Å². The Morgan fingerprint density at radius 1 is 1.10 bits per heavy atom. The molecular weight excluding hydrogens is 319 g/mol. The van der Waals surface area contributed by atoms with Crippen molar-refractivity contribution in [1.82, 2.24) is 0 Å². The Morgan fingerprint density at radius 3 is 2.10 bits per heavy atom. The third-order valence-corrected chi connectivity index (χ3v) is 2.05. The van der Waals surface area contributed by atoms with Crippen LogP contribution in [0.4, 0.5) is 30.7 Å². The number of ether oxygens (including phenoxy) is 1. The first kappa shape index (κ1) is 18.8. The van der Waals surface area contributed by atoms with Crippen LogP contribution < -0.4 is 10.5 Å². The molecule has 0 aliphatic carbocycles. The number of nitrogens with two attached hydrogens (primary N) is 1. The van der Waals surface area contributed by atoms with Gasteiger partial charge in [-0.05, 0) is 18.2 Å². The molecule has 1 aromatic carbocycles. The van der Waals surface area contributed by atoms with Gasteiger partial charge in [0, 0.05) is 11.6 Å². The highest BCUT2D eigenvalue weighted by Gasteiger charge is 2.34. The summed E-state index contributed by atoms with van der Waals surface area (Å²) in [6.45, 7) is 0. The van der Waals surface area contributed by atoms with Crippen LogP contribution in [0.5, 0.6) is 5.75 Å². The van der Waals surface area contributed by atoms with Gasteiger partial charge in [-0.3, -0.25) is 0 Å². The quantitative estimate of drug-likeness (QED) is 0.848. The molecule has 0 aliphatic rings. The van der Waals surface area contributed by atoms with Crippen molar-refractivity contribution in [3.63, 3.8) is 0 Å². The molecule has 0 fully saturated rings. The maximum atomic E-state index is 13.2. The second-order valence-corrected chi connectivity index (χ2v) is 3.66. The van der Waals surface area contributed by atoms with Crippen molar-refractivity contribution in [1.29, 1.82) is 0 Å². The molecule has 2 N–H and O–H groups in total. The molecule has 0 saturated carbocycles. The summed E-state index contributed by atoms with van der Waals surface area (Å²) >= 11 is 0. The van der Waals surface area contributed by atoms with E-state index in [2.05, 4.69) is 4.74 Å². The summed E-state index contributed by atoms with van der Waals surface area (Å²) in [5.41, 5.74) is 4.42. The molecule has 0 saturated heterocycles. The van der Waals surface area contributed by atoms with E-state index in [9.17, 15) is 30.7 Å². The molecule has 0 bridgehead atoms. The second-order valence-electron chi connectivity index (χ2n) is 3.66. The molecule has 0 radical (unpaired) electrons. The summed E-state index contributed by atoms with van der Waals surface area (Å²) in [4.78, 5) is 0. The van der Waals surface area contributed by atoms with E-state index in [1.807, 2.05) is 0 Å². The third-order valence-electron chi connectivity index (χ3n) is 2.05. The molecule has 116 valence electrons. The first-order valence-corrected chi connectivity index (χ1v) is 4.85. The summed E-state index contributed by atoms with van der Waals surface area (Å²) in [7, 11) is 0. The number of halogens is 8. The van der Waals surface area contributed by atoms with Crippen LogP contribution in [0.1, 0.15) is 18.0 Å². The van der Waals surface area contributed by atoms with Gasteiger partial charge in [-0.15, -0.1) is 25.6 Å². The topological polar surface area (TPSA) is 35.2 Å². The van der Waals surface area contributed by atoms with Gasteiger partial charge in [0.25, 0.3) is 0 Å². The molecule has 0 spiro atoms. The highest BCUT2D eigenvalue weighted by Crippen LogP contribution is 2.32. The molecule has 2 nitrogen and oxygen atoms in total.